The lowest BCUT2D eigenvalue weighted by atomic mass is 10.2. The third-order valence-corrected chi connectivity index (χ3v) is 3.99. The lowest BCUT2D eigenvalue weighted by molar-refractivity contribution is -0.386. The van der Waals surface area contributed by atoms with Gasteiger partial charge in [0.15, 0.2) is 5.75 Å². The molecule has 0 saturated carbocycles. The number of hydrogen-bond acceptors (Lipinski definition) is 6. The van der Waals surface area contributed by atoms with E-state index < -0.39 is 36.5 Å². The van der Waals surface area contributed by atoms with Crippen LogP contribution in [0.5, 0.6) is 5.75 Å². The van der Waals surface area contributed by atoms with Crippen LogP contribution in [0.25, 0.3) is 0 Å². The minimum absolute atomic E-state index is 0.230. The predicted molar refractivity (Wildman–Crippen MR) is 65.9 cm³/mol. The van der Waals surface area contributed by atoms with Crippen molar-refractivity contribution < 1.29 is 27.2 Å². The monoisotopic (exact) mass is 325 g/mol. The second kappa shape index (κ2) is 5.51. The molecular formula is C10H9ClFNO6S. The van der Waals surface area contributed by atoms with Crippen molar-refractivity contribution in [3.05, 3.63) is 28.1 Å². The van der Waals surface area contributed by atoms with Crippen molar-refractivity contribution in [1.29, 1.82) is 0 Å². The Morgan fingerprint density at radius 2 is 2.20 bits per heavy atom. The summed E-state index contributed by atoms with van der Waals surface area (Å²) in [6, 6.07) is 1.19. The van der Waals surface area contributed by atoms with Gasteiger partial charge in [0, 0.05) is 29.2 Å². The molecule has 2 rings (SSSR count). The molecule has 0 aromatic heterocycles. The summed E-state index contributed by atoms with van der Waals surface area (Å²) in [6.45, 7) is 0.670. The van der Waals surface area contributed by atoms with Crippen LogP contribution in [0, 0.1) is 15.9 Å². The molecule has 1 heterocycles. The Morgan fingerprint density at radius 3 is 2.70 bits per heavy atom. The molecule has 0 aliphatic carbocycles. The number of nitro benzene ring substituents is 1. The maximum atomic E-state index is 13.7. The van der Waals surface area contributed by atoms with Crippen molar-refractivity contribution in [1.82, 2.24) is 0 Å². The summed E-state index contributed by atoms with van der Waals surface area (Å²) in [5.74, 6) is -1.56. The van der Waals surface area contributed by atoms with Crippen LogP contribution in [0.1, 0.15) is 6.42 Å². The van der Waals surface area contributed by atoms with Gasteiger partial charge in [0.2, 0.25) is 0 Å². The van der Waals surface area contributed by atoms with Crippen molar-refractivity contribution in [3.63, 3.8) is 0 Å². The number of rotatable bonds is 4. The van der Waals surface area contributed by atoms with Crippen LogP contribution < -0.4 is 4.74 Å². The molecule has 0 bridgehead atoms. The normalized spacial score (nSPS) is 19.0. The third kappa shape index (κ3) is 3.17. The van der Waals surface area contributed by atoms with E-state index in [-0.39, 0.29) is 12.4 Å². The van der Waals surface area contributed by atoms with Crippen LogP contribution in [0.3, 0.4) is 0 Å². The number of ether oxygens (including phenoxy) is 2. The highest BCUT2D eigenvalue weighted by Crippen LogP contribution is 2.34. The Labute approximate surface area is 117 Å². The molecule has 20 heavy (non-hydrogen) atoms. The second-order valence-electron chi connectivity index (χ2n) is 4.05. The zero-order valence-electron chi connectivity index (χ0n) is 9.91. The average Bonchev–Trinajstić information content (AvgIpc) is 2.79. The fourth-order valence-corrected chi connectivity index (χ4v) is 2.63. The van der Waals surface area contributed by atoms with E-state index in [4.69, 9.17) is 20.2 Å². The first-order valence-corrected chi connectivity index (χ1v) is 7.77. The van der Waals surface area contributed by atoms with Gasteiger partial charge in [-0.15, -0.1) is 0 Å². The van der Waals surface area contributed by atoms with Gasteiger partial charge >= 0.3 is 5.69 Å². The molecule has 1 aliphatic heterocycles. The molecule has 1 fully saturated rings. The fourth-order valence-electron chi connectivity index (χ4n) is 1.73. The SMILES string of the molecule is O=[N+]([O-])c1cc(S(=O)(=O)Cl)c(F)cc1OC1CCOC1. The van der Waals surface area contributed by atoms with E-state index in [1.807, 2.05) is 0 Å². The van der Waals surface area contributed by atoms with Gasteiger partial charge in [-0.2, -0.15) is 0 Å². The molecular weight excluding hydrogens is 317 g/mol. The topological polar surface area (TPSA) is 95.7 Å². The first-order chi connectivity index (χ1) is 9.29. The lowest BCUT2D eigenvalue weighted by Crippen LogP contribution is -2.17. The molecule has 1 saturated heterocycles. The summed E-state index contributed by atoms with van der Waals surface area (Å²) in [4.78, 5) is 9.10. The second-order valence-corrected chi connectivity index (χ2v) is 6.58. The van der Waals surface area contributed by atoms with Crippen LogP contribution in [-0.2, 0) is 13.8 Å². The van der Waals surface area contributed by atoms with Gasteiger partial charge in [-0.25, -0.2) is 12.8 Å². The summed E-state index contributed by atoms with van der Waals surface area (Å²) in [6.07, 6.45) is 0.0699. The van der Waals surface area contributed by atoms with Gasteiger partial charge in [0.1, 0.15) is 16.8 Å². The lowest BCUT2D eigenvalue weighted by Gasteiger charge is -2.12. The van der Waals surface area contributed by atoms with E-state index in [9.17, 15) is 22.9 Å². The molecule has 110 valence electrons. The quantitative estimate of drug-likeness (QED) is 0.476. The minimum Gasteiger partial charge on any atom is -0.481 e. The Balaban J connectivity index is 2.45. The minimum atomic E-state index is -4.42. The van der Waals surface area contributed by atoms with Gasteiger partial charge in [0.05, 0.1) is 18.1 Å². The van der Waals surface area contributed by atoms with E-state index in [1.165, 1.54) is 0 Å². The van der Waals surface area contributed by atoms with Crippen LogP contribution in [0.2, 0.25) is 0 Å². The van der Waals surface area contributed by atoms with Gasteiger partial charge in [0.25, 0.3) is 9.05 Å². The third-order valence-electron chi connectivity index (χ3n) is 2.65. The highest BCUT2D eigenvalue weighted by Gasteiger charge is 2.28. The molecule has 7 nitrogen and oxygen atoms in total. The maximum Gasteiger partial charge on any atom is 0.312 e. The van der Waals surface area contributed by atoms with Crippen molar-refractivity contribution in [2.45, 2.75) is 17.4 Å². The standard InChI is InChI=1S/C10H9ClFNO6S/c11-20(16,17)10-4-8(13(14)15)9(3-7(10)12)19-6-1-2-18-5-6/h3-4,6H,1-2,5H2. The Hall–Kier alpha value is -1.45. The Bertz CT molecular complexity index is 643. The zero-order chi connectivity index (χ0) is 14.9. The maximum absolute atomic E-state index is 13.7. The van der Waals surface area contributed by atoms with E-state index in [0.29, 0.717) is 25.2 Å². The number of benzene rings is 1. The molecule has 10 heteroatoms. The molecule has 1 aromatic carbocycles. The Kier molecular flexibility index (Phi) is 4.11. The molecule has 0 spiro atoms. The smallest absolute Gasteiger partial charge is 0.312 e. The summed E-state index contributed by atoms with van der Waals surface area (Å²) < 4.78 is 46.2. The van der Waals surface area contributed by atoms with Gasteiger partial charge in [-0.05, 0) is 0 Å². The summed E-state index contributed by atoms with van der Waals surface area (Å²) >= 11 is 0. The number of hydrogen-bond donors (Lipinski definition) is 0. The first kappa shape index (κ1) is 14.9. The van der Waals surface area contributed by atoms with Crippen molar-refractivity contribution in [2.75, 3.05) is 13.2 Å². The van der Waals surface area contributed by atoms with E-state index in [1.54, 1.807) is 0 Å². The molecule has 0 radical (unpaired) electrons. The number of nitro groups is 1. The van der Waals surface area contributed by atoms with Crippen molar-refractivity contribution in [2.24, 2.45) is 0 Å². The summed E-state index contributed by atoms with van der Waals surface area (Å²) in [5.41, 5.74) is -0.669. The first-order valence-electron chi connectivity index (χ1n) is 5.46. The number of nitrogens with zero attached hydrogens (tertiary/aromatic N) is 1. The van der Waals surface area contributed by atoms with Crippen molar-refractivity contribution in [3.8, 4) is 5.75 Å². The van der Waals surface area contributed by atoms with Crippen LogP contribution in [0.15, 0.2) is 17.0 Å². The van der Waals surface area contributed by atoms with Gasteiger partial charge < -0.3 is 9.47 Å². The molecule has 1 aromatic rings. The molecule has 0 N–H and O–H groups in total. The zero-order valence-corrected chi connectivity index (χ0v) is 11.5. The van der Waals surface area contributed by atoms with Crippen LogP contribution >= 0.6 is 10.7 Å². The van der Waals surface area contributed by atoms with Crippen molar-refractivity contribution >= 4 is 25.4 Å². The van der Waals surface area contributed by atoms with Crippen LogP contribution in [0.4, 0.5) is 10.1 Å². The van der Waals surface area contributed by atoms with Crippen LogP contribution in [-0.4, -0.2) is 32.7 Å². The van der Waals surface area contributed by atoms with E-state index in [2.05, 4.69) is 0 Å². The molecule has 1 atom stereocenters. The average molecular weight is 326 g/mol. The Morgan fingerprint density at radius 1 is 1.50 bits per heavy atom. The van der Waals surface area contributed by atoms with E-state index in [0.717, 1.165) is 0 Å². The highest BCUT2D eigenvalue weighted by molar-refractivity contribution is 8.13. The largest absolute Gasteiger partial charge is 0.481 e. The predicted octanol–water partition coefficient (Wildman–Crippen LogP) is 1.83. The van der Waals surface area contributed by atoms with E-state index >= 15 is 0 Å². The summed E-state index contributed by atoms with van der Waals surface area (Å²) in [5, 5.41) is 10.9. The van der Waals surface area contributed by atoms with Gasteiger partial charge in [-0.1, -0.05) is 0 Å². The fraction of sp³-hybridized carbons (Fsp3) is 0.400. The molecule has 1 unspecified atom stereocenters. The molecule has 0 amide bonds. The van der Waals surface area contributed by atoms with Gasteiger partial charge in [-0.3, -0.25) is 10.1 Å². The summed E-state index contributed by atoms with van der Waals surface area (Å²) in [7, 11) is 0.591. The highest BCUT2D eigenvalue weighted by atomic mass is 35.7. The molecule has 1 aliphatic rings. The number of halogens is 2.